The first kappa shape index (κ1) is 14.9. The fraction of sp³-hybridized carbons (Fsp3) is 0.143. The maximum Gasteiger partial charge on any atom is 0.417 e. The predicted octanol–water partition coefficient (Wildman–Crippen LogP) is 2.72. The van der Waals surface area contributed by atoms with E-state index in [1.54, 1.807) is 12.3 Å². The van der Waals surface area contributed by atoms with Gasteiger partial charge in [0.1, 0.15) is 11.4 Å². The van der Waals surface area contributed by atoms with Crippen LogP contribution in [-0.2, 0) is 6.18 Å². The molecule has 0 radical (unpaired) electrons. The van der Waals surface area contributed by atoms with Crippen molar-refractivity contribution in [3.05, 3.63) is 47.8 Å². The number of aromatic nitrogens is 6. The van der Waals surface area contributed by atoms with Gasteiger partial charge >= 0.3 is 6.18 Å². The van der Waals surface area contributed by atoms with Gasteiger partial charge in [-0.1, -0.05) is 6.07 Å². The zero-order valence-electron chi connectivity index (χ0n) is 11.8. The summed E-state index contributed by atoms with van der Waals surface area (Å²) in [4.78, 5) is 7.83. The number of alkyl halides is 3. The lowest BCUT2D eigenvalue weighted by atomic mass is 10.2. The molecule has 116 valence electrons. The topological polar surface area (TPSA) is 77.3 Å². The van der Waals surface area contributed by atoms with Crippen LogP contribution in [0.3, 0.4) is 0 Å². The van der Waals surface area contributed by atoms with E-state index in [9.17, 15) is 13.2 Å². The summed E-state index contributed by atoms with van der Waals surface area (Å²) in [7, 11) is 0. The highest BCUT2D eigenvalue weighted by Crippen LogP contribution is 2.29. The summed E-state index contributed by atoms with van der Waals surface area (Å²) in [5.74, 6) is 0.259. The Labute approximate surface area is 128 Å². The van der Waals surface area contributed by atoms with Gasteiger partial charge in [-0.3, -0.25) is 9.97 Å². The first-order chi connectivity index (χ1) is 10.9. The smallest absolute Gasteiger partial charge is 0.252 e. The van der Waals surface area contributed by atoms with Crippen LogP contribution in [0.25, 0.3) is 23.0 Å². The molecular weight excluding hydrogens is 309 g/mol. The lowest BCUT2D eigenvalue weighted by Crippen LogP contribution is -2.06. The second-order valence-electron chi connectivity index (χ2n) is 4.70. The van der Waals surface area contributed by atoms with Crippen molar-refractivity contribution in [2.75, 3.05) is 0 Å². The number of rotatable bonds is 2. The summed E-state index contributed by atoms with van der Waals surface area (Å²) < 4.78 is 37.5. The Morgan fingerprint density at radius 2 is 1.26 bits per heavy atom. The molecule has 0 aliphatic heterocycles. The van der Waals surface area contributed by atoms with E-state index in [1.807, 2.05) is 13.0 Å². The largest absolute Gasteiger partial charge is 0.417 e. The standard InChI is InChI=1S/C14H9F3N6/c1-8-2-4-10(18-6-8)12-20-22-13(23-21-12)11-5-3-9(7-19-11)14(15,16)17/h2-7H,1H3. The SMILES string of the molecule is Cc1ccc(-c2nnc(-c3ccc(C(F)(F)F)cn3)nn2)nc1. The monoisotopic (exact) mass is 318 g/mol. The third kappa shape index (κ3) is 3.28. The fourth-order valence-corrected chi connectivity index (χ4v) is 1.73. The Kier molecular flexibility index (Phi) is 3.68. The lowest BCUT2D eigenvalue weighted by Gasteiger charge is -2.06. The van der Waals surface area contributed by atoms with Crippen molar-refractivity contribution in [3.63, 3.8) is 0 Å². The third-order valence-electron chi connectivity index (χ3n) is 2.94. The molecule has 3 rings (SSSR count). The van der Waals surface area contributed by atoms with E-state index in [-0.39, 0.29) is 17.3 Å². The summed E-state index contributed by atoms with van der Waals surface area (Å²) in [6.45, 7) is 1.90. The summed E-state index contributed by atoms with van der Waals surface area (Å²) in [5.41, 5.74) is 0.798. The quantitative estimate of drug-likeness (QED) is 0.723. The van der Waals surface area contributed by atoms with Crippen molar-refractivity contribution in [2.45, 2.75) is 13.1 Å². The van der Waals surface area contributed by atoms with E-state index in [4.69, 9.17) is 0 Å². The van der Waals surface area contributed by atoms with Gasteiger partial charge < -0.3 is 0 Å². The van der Waals surface area contributed by atoms with Crippen LogP contribution >= 0.6 is 0 Å². The van der Waals surface area contributed by atoms with Gasteiger partial charge in [0.05, 0.1) is 5.56 Å². The van der Waals surface area contributed by atoms with Crippen molar-refractivity contribution < 1.29 is 13.2 Å². The van der Waals surface area contributed by atoms with Gasteiger partial charge in [0.2, 0.25) is 11.6 Å². The Morgan fingerprint density at radius 3 is 1.65 bits per heavy atom. The summed E-state index contributed by atoms with van der Waals surface area (Å²) >= 11 is 0. The highest BCUT2D eigenvalue weighted by molar-refractivity contribution is 5.51. The van der Waals surface area contributed by atoms with Crippen LogP contribution in [0.4, 0.5) is 13.2 Å². The highest BCUT2D eigenvalue weighted by atomic mass is 19.4. The molecule has 0 aliphatic carbocycles. The average molecular weight is 318 g/mol. The van der Waals surface area contributed by atoms with Gasteiger partial charge in [-0.15, -0.1) is 20.4 Å². The second-order valence-corrected chi connectivity index (χ2v) is 4.70. The molecule has 0 amide bonds. The van der Waals surface area contributed by atoms with E-state index >= 15 is 0 Å². The maximum absolute atomic E-state index is 12.5. The molecule has 0 aliphatic rings. The maximum atomic E-state index is 12.5. The van der Waals surface area contributed by atoms with E-state index in [0.717, 1.165) is 11.6 Å². The molecule has 0 unspecified atom stereocenters. The molecule has 0 saturated heterocycles. The minimum absolute atomic E-state index is 0.0367. The van der Waals surface area contributed by atoms with Crippen molar-refractivity contribution in [2.24, 2.45) is 0 Å². The van der Waals surface area contributed by atoms with Crippen molar-refractivity contribution >= 4 is 0 Å². The molecule has 0 saturated carbocycles. The van der Waals surface area contributed by atoms with Gasteiger partial charge in [0.15, 0.2) is 0 Å². The van der Waals surface area contributed by atoms with Gasteiger partial charge in [-0.05, 0) is 30.7 Å². The van der Waals surface area contributed by atoms with E-state index < -0.39 is 11.7 Å². The van der Waals surface area contributed by atoms with E-state index in [0.29, 0.717) is 11.9 Å². The minimum atomic E-state index is -4.44. The minimum Gasteiger partial charge on any atom is -0.252 e. The lowest BCUT2D eigenvalue weighted by molar-refractivity contribution is -0.137. The number of hydrogen-bond donors (Lipinski definition) is 0. The highest BCUT2D eigenvalue weighted by Gasteiger charge is 2.30. The molecule has 0 bridgehead atoms. The van der Waals surface area contributed by atoms with Crippen LogP contribution < -0.4 is 0 Å². The Hall–Kier alpha value is -2.97. The molecular formula is C14H9F3N6. The Balaban J connectivity index is 1.86. The van der Waals surface area contributed by atoms with E-state index in [2.05, 4.69) is 30.4 Å². The summed E-state index contributed by atoms with van der Waals surface area (Å²) in [6.07, 6.45) is -2.07. The van der Waals surface area contributed by atoms with Crippen LogP contribution in [0, 0.1) is 6.92 Å². The van der Waals surface area contributed by atoms with Crippen LogP contribution in [-0.4, -0.2) is 30.4 Å². The van der Waals surface area contributed by atoms with Gasteiger partial charge in [0, 0.05) is 12.4 Å². The van der Waals surface area contributed by atoms with Gasteiger partial charge in [-0.25, -0.2) is 0 Å². The molecule has 9 heteroatoms. The average Bonchev–Trinajstić information content (AvgIpc) is 2.55. The van der Waals surface area contributed by atoms with Crippen LogP contribution in [0.1, 0.15) is 11.1 Å². The van der Waals surface area contributed by atoms with Crippen LogP contribution in [0.2, 0.25) is 0 Å². The predicted molar refractivity (Wildman–Crippen MR) is 73.8 cm³/mol. The summed E-state index contributed by atoms with van der Waals surface area (Å²) in [6, 6.07) is 5.65. The molecule has 0 fully saturated rings. The number of halogens is 3. The molecule has 3 aromatic heterocycles. The molecule has 0 atom stereocenters. The van der Waals surface area contributed by atoms with Gasteiger partial charge in [-0.2, -0.15) is 13.2 Å². The Morgan fingerprint density at radius 1 is 0.739 bits per heavy atom. The van der Waals surface area contributed by atoms with Crippen molar-refractivity contribution in [1.82, 2.24) is 30.4 Å². The molecule has 23 heavy (non-hydrogen) atoms. The fourth-order valence-electron chi connectivity index (χ4n) is 1.73. The van der Waals surface area contributed by atoms with Crippen molar-refractivity contribution in [1.29, 1.82) is 0 Å². The van der Waals surface area contributed by atoms with Crippen LogP contribution in [0.5, 0.6) is 0 Å². The summed E-state index contributed by atoms with van der Waals surface area (Å²) in [5, 5.41) is 15.4. The molecule has 3 aromatic rings. The normalized spacial score (nSPS) is 11.5. The molecule has 0 N–H and O–H groups in total. The molecule has 0 aromatic carbocycles. The molecule has 0 spiro atoms. The third-order valence-corrected chi connectivity index (χ3v) is 2.94. The first-order valence-corrected chi connectivity index (χ1v) is 6.47. The Bertz CT molecular complexity index is 798. The number of nitrogens with zero attached hydrogens (tertiary/aromatic N) is 6. The first-order valence-electron chi connectivity index (χ1n) is 6.47. The second kappa shape index (κ2) is 5.67. The number of pyridine rings is 2. The van der Waals surface area contributed by atoms with Crippen molar-refractivity contribution in [3.8, 4) is 23.0 Å². The number of hydrogen-bond acceptors (Lipinski definition) is 6. The zero-order chi connectivity index (χ0) is 16.4. The zero-order valence-corrected chi connectivity index (χ0v) is 11.8. The number of aryl methyl sites for hydroxylation is 1. The van der Waals surface area contributed by atoms with Gasteiger partial charge in [0.25, 0.3) is 0 Å². The molecule has 6 nitrogen and oxygen atoms in total. The molecule has 3 heterocycles. The van der Waals surface area contributed by atoms with Crippen LogP contribution in [0.15, 0.2) is 36.7 Å². The van der Waals surface area contributed by atoms with E-state index in [1.165, 1.54) is 6.07 Å².